The Balaban J connectivity index is 1.73. The molecule has 1 aliphatic rings. The van der Waals surface area contributed by atoms with Crippen LogP contribution in [0.3, 0.4) is 0 Å². The van der Waals surface area contributed by atoms with Crippen LogP contribution in [0.2, 0.25) is 5.02 Å². The van der Waals surface area contributed by atoms with E-state index in [0.29, 0.717) is 21.8 Å². The van der Waals surface area contributed by atoms with Gasteiger partial charge in [-0.15, -0.1) is 0 Å². The molecule has 1 aliphatic heterocycles. The molecule has 1 heterocycles. The van der Waals surface area contributed by atoms with Crippen molar-refractivity contribution in [3.05, 3.63) is 62.2 Å². The van der Waals surface area contributed by atoms with Gasteiger partial charge in [0.1, 0.15) is 18.1 Å². The molecule has 0 atom stereocenters. The number of imide groups is 1. The van der Waals surface area contributed by atoms with Crippen LogP contribution in [0.5, 0.6) is 5.75 Å². The summed E-state index contributed by atoms with van der Waals surface area (Å²) in [6.45, 7) is -0.501. The smallest absolute Gasteiger partial charge is 0.294 e. The summed E-state index contributed by atoms with van der Waals surface area (Å²) in [7, 11) is 0. The number of carbonyl (C=O) groups excluding carboxylic acids is 3. The molecule has 0 unspecified atom stereocenters. The molecule has 0 saturated carbocycles. The summed E-state index contributed by atoms with van der Waals surface area (Å²) in [5, 5.41) is 11.6. The Morgan fingerprint density at radius 2 is 2.07 bits per heavy atom. The van der Waals surface area contributed by atoms with Crippen LogP contribution >= 0.6 is 39.3 Å². The minimum atomic E-state index is -0.635. The van der Waals surface area contributed by atoms with Gasteiger partial charge in [0.25, 0.3) is 11.1 Å². The van der Waals surface area contributed by atoms with E-state index >= 15 is 0 Å². The van der Waals surface area contributed by atoms with Crippen molar-refractivity contribution in [1.29, 1.82) is 0 Å². The minimum absolute atomic E-state index is 0.0781. The molecule has 6 nitrogen and oxygen atoms in total. The molecule has 0 bridgehead atoms. The predicted molar refractivity (Wildman–Crippen MR) is 109 cm³/mol. The number of phenolic OH excluding ortho intramolecular Hbond substituents is 1. The number of carbonyl (C=O) groups is 3. The lowest BCUT2D eigenvalue weighted by Gasteiger charge is -2.12. The van der Waals surface area contributed by atoms with Gasteiger partial charge in [-0.2, -0.15) is 0 Å². The molecule has 0 aliphatic carbocycles. The maximum Gasteiger partial charge on any atom is 0.294 e. The molecule has 3 amide bonds. The fourth-order valence-corrected chi connectivity index (χ4v) is 4.02. The highest BCUT2D eigenvalue weighted by molar-refractivity contribution is 9.10. The quantitative estimate of drug-likeness (QED) is 0.617. The van der Waals surface area contributed by atoms with Gasteiger partial charge < -0.3 is 10.4 Å². The molecule has 1 fully saturated rings. The number of halogens is 3. The Kier molecular flexibility index (Phi) is 6.07. The molecular formula is C18H11BrClFN2O4S. The van der Waals surface area contributed by atoms with Gasteiger partial charge in [-0.3, -0.25) is 19.3 Å². The molecule has 144 valence electrons. The molecular weight excluding hydrogens is 475 g/mol. The van der Waals surface area contributed by atoms with Crippen LogP contribution in [0, 0.1) is 5.82 Å². The fraction of sp³-hybridized carbons (Fsp3) is 0.0556. The number of anilines is 1. The van der Waals surface area contributed by atoms with Crippen molar-refractivity contribution >= 4 is 68.1 Å². The number of amides is 3. The van der Waals surface area contributed by atoms with Crippen LogP contribution < -0.4 is 5.32 Å². The second-order valence-corrected chi connectivity index (χ2v) is 7.91. The van der Waals surface area contributed by atoms with Gasteiger partial charge in [-0.25, -0.2) is 4.39 Å². The monoisotopic (exact) mass is 484 g/mol. The predicted octanol–water partition coefficient (Wildman–Crippen LogP) is 4.62. The van der Waals surface area contributed by atoms with Gasteiger partial charge in [0.2, 0.25) is 5.91 Å². The third kappa shape index (κ3) is 4.54. The number of hydrogen-bond donors (Lipinski definition) is 2. The highest BCUT2D eigenvalue weighted by Gasteiger charge is 2.36. The summed E-state index contributed by atoms with van der Waals surface area (Å²) < 4.78 is 13.5. The number of hydrogen-bond acceptors (Lipinski definition) is 5. The number of benzene rings is 2. The first-order valence-corrected chi connectivity index (χ1v) is 9.72. The fourth-order valence-electron chi connectivity index (χ4n) is 2.37. The van der Waals surface area contributed by atoms with Crippen LogP contribution in [-0.4, -0.2) is 33.6 Å². The number of phenols is 1. The van der Waals surface area contributed by atoms with Gasteiger partial charge in [0.05, 0.1) is 14.4 Å². The average Bonchev–Trinajstić information content (AvgIpc) is 2.87. The van der Waals surface area contributed by atoms with Crippen molar-refractivity contribution in [3.8, 4) is 5.75 Å². The van der Waals surface area contributed by atoms with E-state index in [0.717, 1.165) is 11.0 Å². The molecule has 3 rings (SSSR count). The van der Waals surface area contributed by atoms with Gasteiger partial charge in [-0.05, 0) is 69.7 Å². The first-order valence-electron chi connectivity index (χ1n) is 7.73. The van der Waals surface area contributed by atoms with E-state index in [2.05, 4.69) is 21.2 Å². The van der Waals surface area contributed by atoms with Crippen molar-refractivity contribution < 1.29 is 23.9 Å². The Bertz CT molecular complexity index is 1010. The Hall–Kier alpha value is -2.36. The standard InChI is InChI=1S/C18H11BrClFN2O4S/c19-12-4-9(5-13(20)16(12)25)6-14-17(26)23(18(27)28-14)8-15(24)22-11-3-1-2-10(21)7-11/h1-7,25H,8H2,(H,22,24)/b14-6+. The van der Waals surface area contributed by atoms with Crippen molar-refractivity contribution in [2.75, 3.05) is 11.9 Å². The highest BCUT2D eigenvalue weighted by Crippen LogP contribution is 2.36. The average molecular weight is 486 g/mol. The van der Waals surface area contributed by atoms with E-state index < -0.39 is 29.4 Å². The van der Waals surface area contributed by atoms with Crippen LogP contribution in [0.4, 0.5) is 14.9 Å². The maximum absolute atomic E-state index is 13.2. The van der Waals surface area contributed by atoms with E-state index in [9.17, 15) is 23.9 Å². The molecule has 10 heteroatoms. The molecule has 2 aromatic carbocycles. The van der Waals surface area contributed by atoms with Crippen molar-refractivity contribution in [2.24, 2.45) is 0 Å². The van der Waals surface area contributed by atoms with E-state index in [-0.39, 0.29) is 21.4 Å². The topological polar surface area (TPSA) is 86.7 Å². The van der Waals surface area contributed by atoms with Crippen molar-refractivity contribution in [1.82, 2.24) is 4.90 Å². The Labute approximate surface area is 176 Å². The normalized spacial score (nSPS) is 15.4. The minimum Gasteiger partial charge on any atom is -0.505 e. The molecule has 2 aromatic rings. The number of nitrogens with one attached hydrogen (secondary N) is 1. The number of thioether (sulfide) groups is 1. The lowest BCUT2D eigenvalue weighted by Crippen LogP contribution is -2.36. The molecule has 1 saturated heterocycles. The number of nitrogens with zero attached hydrogens (tertiary/aromatic N) is 1. The zero-order chi connectivity index (χ0) is 20.4. The first kappa shape index (κ1) is 20.4. The summed E-state index contributed by atoms with van der Waals surface area (Å²) in [5.41, 5.74) is 0.709. The molecule has 0 aromatic heterocycles. The first-order chi connectivity index (χ1) is 13.2. The van der Waals surface area contributed by atoms with Gasteiger partial charge in [0.15, 0.2) is 0 Å². The van der Waals surface area contributed by atoms with Crippen molar-refractivity contribution in [3.63, 3.8) is 0 Å². The molecule has 0 spiro atoms. The van der Waals surface area contributed by atoms with E-state index in [1.165, 1.54) is 36.4 Å². The molecule has 0 radical (unpaired) electrons. The largest absolute Gasteiger partial charge is 0.505 e. The Morgan fingerprint density at radius 1 is 1.32 bits per heavy atom. The van der Waals surface area contributed by atoms with Crippen LogP contribution in [0.25, 0.3) is 6.08 Å². The second kappa shape index (κ2) is 8.34. The van der Waals surface area contributed by atoms with E-state index in [1.807, 2.05) is 0 Å². The molecule has 28 heavy (non-hydrogen) atoms. The lowest BCUT2D eigenvalue weighted by molar-refractivity contribution is -0.127. The summed E-state index contributed by atoms with van der Waals surface area (Å²) in [6.07, 6.45) is 1.44. The summed E-state index contributed by atoms with van der Waals surface area (Å²) in [6, 6.07) is 8.23. The molecule has 2 N–H and O–H groups in total. The van der Waals surface area contributed by atoms with Gasteiger partial charge in [-0.1, -0.05) is 17.7 Å². The van der Waals surface area contributed by atoms with Crippen LogP contribution in [0.15, 0.2) is 45.8 Å². The zero-order valence-corrected chi connectivity index (χ0v) is 17.1. The van der Waals surface area contributed by atoms with Gasteiger partial charge >= 0.3 is 0 Å². The SMILES string of the molecule is O=C(CN1C(=O)S/C(=C/c2cc(Cl)c(O)c(Br)c2)C1=O)Nc1cccc(F)c1. The zero-order valence-electron chi connectivity index (χ0n) is 13.9. The van der Waals surface area contributed by atoms with Crippen LogP contribution in [0.1, 0.15) is 5.56 Å². The number of rotatable bonds is 4. The third-order valence-corrected chi connectivity index (χ3v) is 5.42. The summed E-state index contributed by atoms with van der Waals surface area (Å²) in [5.74, 6) is -1.93. The van der Waals surface area contributed by atoms with Crippen molar-refractivity contribution in [2.45, 2.75) is 0 Å². The van der Waals surface area contributed by atoms with E-state index in [4.69, 9.17) is 11.6 Å². The van der Waals surface area contributed by atoms with Gasteiger partial charge in [0, 0.05) is 5.69 Å². The summed E-state index contributed by atoms with van der Waals surface area (Å²) >= 11 is 9.72. The maximum atomic E-state index is 13.2. The highest BCUT2D eigenvalue weighted by atomic mass is 79.9. The van der Waals surface area contributed by atoms with E-state index in [1.54, 1.807) is 0 Å². The number of aromatic hydroxyl groups is 1. The third-order valence-electron chi connectivity index (χ3n) is 3.62. The summed E-state index contributed by atoms with van der Waals surface area (Å²) in [4.78, 5) is 37.6. The Morgan fingerprint density at radius 3 is 2.75 bits per heavy atom. The second-order valence-electron chi connectivity index (χ2n) is 5.66. The van der Waals surface area contributed by atoms with Crippen LogP contribution in [-0.2, 0) is 9.59 Å². The lowest BCUT2D eigenvalue weighted by atomic mass is 10.2.